The maximum absolute atomic E-state index is 12.4. The predicted octanol–water partition coefficient (Wildman–Crippen LogP) is 3.00. The summed E-state index contributed by atoms with van der Waals surface area (Å²) in [6, 6.07) is 8.02. The van der Waals surface area contributed by atoms with Crippen molar-refractivity contribution in [2.45, 2.75) is 26.3 Å². The van der Waals surface area contributed by atoms with Crippen molar-refractivity contribution in [1.29, 1.82) is 0 Å². The lowest BCUT2D eigenvalue weighted by Crippen LogP contribution is -2.26. The molecule has 1 aromatic heterocycles. The van der Waals surface area contributed by atoms with Crippen LogP contribution >= 0.6 is 11.3 Å². The minimum Gasteiger partial charge on any atom is -0.325 e. The first-order chi connectivity index (χ1) is 9.52. The number of benzene rings is 1. The molecule has 0 spiro atoms. The van der Waals surface area contributed by atoms with Crippen molar-refractivity contribution in [2.75, 3.05) is 11.9 Å². The van der Waals surface area contributed by atoms with Crippen LogP contribution in [0, 0.1) is 0 Å². The Labute approximate surface area is 123 Å². The summed E-state index contributed by atoms with van der Waals surface area (Å²) in [7, 11) is 1.77. The summed E-state index contributed by atoms with van der Waals surface area (Å²) in [5.74, 6) is 0.323. The molecule has 2 rings (SSSR count). The summed E-state index contributed by atoms with van der Waals surface area (Å²) < 4.78 is 0. The summed E-state index contributed by atoms with van der Waals surface area (Å²) in [4.78, 5) is 18.2. The molecular weight excluding hydrogens is 270 g/mol. The van der Waals surface area contributed by atoms with E-state index in [1.54, 1.807) is 17.3 Å². The van der Waals surface area contributed by atoms with Gasteiger partial charge in [-0.1, -0.05) is 26.0 Å². The molecule has 5 heteroatoms. The van der Waals surface area contributed by atoms with Crippen molar-refractivity contribution in [3.8, 4) is 0 Å². The molecule has 4 nitrogen and oxygen atoms in total. The molecular formula is C15H19N3OS. The van der Waals surface area contributed by atoms with Gasteiger partial charge in [0.05, 0.1) is 0 Å². The van der Waals surface area contributed by atoms with Crippen LogP contribution in [-0.2, 0) is 6.54 Å². The lowest BCUT2D eigenvalue weighted by Gasteiger charge is -2.18. The van der Waals surface area contributed by atoms with E-state index < -0.39 is 0 Å². The molecule has 20 heavy (non-hydrogen) atoms. The van der Waals surface area contributed by atoms with Gasteiger partial charge in [-0.15, -0.1) is 11.3 Å². The molecule has 1 aromatic carbocycles. The van der Waals surface area contributed by atoms with E-state index in [0.717, 1.165) is 10.7 Å². The average Bonchev–Trinajstić information content (AvgIpc) is 2.94. The number of carbonyl (C=O) groups is 1. The van der Waals surface area contributed by atoms with Crippen molar-refractivity contribution in [3.63, 3.8) is 0 Å². The number of nitrogens with two attached hydrogens (primary N) is 1. The van der Waals surface area contributed by atoms with E-state index in [-0.39, 0.29) is 5.91 Å². The van der Waals surface area contributed by atoms with Gasteiger partial charge in [0.25, 0.3) is 5.91 Å². The Morgan fingerprint density at radius 3 is 2.80 bits per heavy atom. The Bertz CT molecular complexity index is 607. The van der Waals surface area contributed by atoms with E-state index in [4.69, 9.17) is 5.73 Å². The van der Waals surface area contributed by atoms with Crippen LogP contribution in [0.2, 0.25) is 0 Å². The first-order valence-electron chi connectivity index (χ1n) is 6.55. The van der Waals surface area contributed by atoms with Gasteiger partial charge in [0.1, 0.15) is 10.7 Å². The monoisotopic (exact) mass is 289 g/mol. The Hall–Kier alpha value is -1.72. The zero-order valence-electron chi connectivity index (χ0n) is 12.0. The van der Waals surface area contributed by atoms with Crippen LogP contribution in [0.25, 0.3) is 0 Å². The first kappa shape index (κ1) is 14.7. The molecule has 0 saturated carbocycles. The zero-order chi connectivity index (χ0) is 14.7. The van der Waals surface area contributed by atoms with E-state index >= 15 is 0 Å². The van der Waals surface area contributed by atoms with Crippen LogP contribution < -0.4 is 10.6 Å². The predicted molar refractivity (Wildman–Crippen MR) is 83.3 cm³/mol. The summed E-state index contributed by atoms with van der Waals surface area (Å²) in [6.07, 6.45) is 0. The molecule has 0 unspecified atom stereocenters. The average molecular weight is 289 g/mol. The van der Waals surface area contributed by atoms with Gasteiger partial charge >= 0.3 is 0 Å². The van der Waals surface area contributed by atoms with Gasteiger partial charge in [0.15, 0.2) is 0 Å². The maximum atomic E-state index is 12.4. The number of amides is 1. The van der Waals surface area contributed by atoms with Gasteiger partial charge in [-0.3, -0.25) is 4.79 Å². The lowest BCUT2D eigenvalue weighted by molar-refractivity contribution is 0.0989. The normalized spacial score (nSPS) is 10.8. The zero-order valence-corrected chi connectivity index (χ0v) is 12.8. The van der Waals surface area contributed by atoms with E-state index in [0.29, 0.717) is 18.2 Å². The van der Waals surface area contributed by atoms with Crippen LogP contribution in [0.1, 0.15) is 40.8 Å². The molecule has 0 atom stereocenters. The fourth-order valence-corrected chi connectivity index (χ4v) is 2.53. The summed E-state index contributed by atoms with van der Waals surface area (Å²) >= 11 is 1.41. The van der Waals surface area contributed by atoms with Crippen LogP contribution in [-0.4, -0.2) is 17.9 Å². The highest BCUT2D eigenvalue weighted by Gasteiger charge is 2.17. The number of anilines is 1. The number of carbonyl (C=O) groups excluding carboxylic acids is 1. The molecule has 1 heterocycles. The fraction of sp³-hybridized carbons (Fsp3) is 0.333. The second kappa shape index (κ2) is 6.15. The number of rotatable bonds is 4. The molecule has 0 radical (unpaired) electrons. The van der Waals surface area contributed by atoms with E-state index in [9.17, 15) is 4.79 Å². The third kappa shape index (κ3) is 3.05. The highest BCUT2D eigenvalue weighted by molar-refractivity contribution is 7.09. The molecule has 0 saturated heterocycles. The van der Waals surface area contributed by atoms with Crippen LogP contribution in [0.15, 0.2) is 29.6 Å². The minimum atomic E-state index is -0.109. The molecule has 0 bridgehead atoms. The molecule has 2 N–H and O–H groups in total. The van der Waals surface area contributed by atoms with Gasteiger partial charge in [0.2, 0.25) is 0 Å². The maximum Gasteiger partial charge on any atom is 0.277 e. The van der Waals surface area contributed by atoms with E-state index in [2.05, 4.69) is 24.9 Å². The van der Waals surface area contributed by atoms with Crippen molar-refractivity contribution < 1.29 is 4.79 Å². The largest absolute Gasteiger partial charge is 0.325 e. The number of hydrogen-bond acceptors (Lipinski definition) is 4. The Morgan fingerprint density at radius 1 is 1.45 bits per heavy atom. The second-order valence-corrected chi connectivity index (χ2v) is 5.89. The number of nitrogens with zero attached hydrogens (tertiary/aromatic N) is 2. The van der Waals surface area contributed by atoms with Crippen molar-refractivity contribution in [2.24, 2.45) is 5.73 Å². The van der Waals surface area contributed by atoms with Gasteiger partial charge in [-0.2, -0.15) is 0 Å². The smallest absolute Gasteiger partial charge is 0.277 e. The van der Waals surface area contributed by atoms with Crippen molar-refractivity contribution in [3.05, 3.63) is 45.9 Å². The van der Waals surface area contributed by atoms with Crippen molar-refractivity contribution >= 4 is 22.9 Å². The second-order valence-electron chi connectivity index (χ2n) is 4.94. The summed E-state index contributed by atoms with van der Waals surface area (Å²) in [6.45, 7) is 4.63. The SMILES string of the molecule is CC(C)c1cccc(N(C)C(=O)c2csc(CN)n2)c1. The quantitative estimate of drug-likeness (QED) is 0.941. The molecule has 1 amide bonds. The van der Waals surface area contributed by atoms with Crippen LogP contribution in [0.5, 0.6) is 0 Å². The molecule has 0 fully saturated rings. The van der Waals surface area contributed by atoms with E-state index in [1.807, 2.05) is 18.2 Å². The first-order valence-corrected chi connectivity index (χ1v) is 7.43. The molecule has 0 aliphatic heterocycles. The Morgan fingerprint density at radius 2 is 2.20 bits per heavy atom. The molecule has 106 valence electrons. The van der Waals surface area contributed by atoms with Gasteiger partial charge in [-0.05, 0) is 23.6 Å². The van der Waals surface area contributed by atoms with Gasteiger partial charge in [0, 0.05) is 24.7 Å². The molecule has 2 aromatic rings. The van der Waals surface area contributed by atoms with Crippen molar-refractivity contribution in [1.82, 2.24) is 4.98 Å². The van der Waals surface area contributed by atoms with Crippen LogP contribution in [0.3, 0.4) is 0 Å². The Kier molecular flexibility index (Phi) is 4.52. The fourth-order valence-electron chi connectivity index (χ4n) is 1.88. The third-order valence-electron chi connectivity index (χ3n) is 3.17. The highest BCUT2D eigenvalue weighted by Crippen LogP contribution is 2.22. The summed E-state index contributed by atoms with van der Waals surface area (Å²) in [5, 5.41) is 2.53. The standard InChI is InChI=1S/C15H19N3OS/c1-10(2)11-5-4-6-12(7-11)18(3)15(19)13-9-20-14(8-16)17-13/h4-7,9-10H,8,16H2,1-3H3. The van der Waals surface area contributed by atoms with Gasteiger partial charge in [-0.25, -0.2) is 4.98 Å². The number of hydrogen-bond donors (Lipinski definition) is 1. The molecule has 0 aliphatic rings. The van der Waals surface area contributed by atoms with Crippen LogP contribution in [0.4, 0.5) is 5.69 Å². The Balaban J connectivity index is 2.24. The number of aromatic nitrogens is 1. The lowest BCUT2D eigenvalue weighted by atomic mass is 10.0. The summed E-state index contributed by atoms with van der Waals surface area (Å²) in [5.41, 5.74) is 8.07. The topological polar surface area (TPSA) is 59.2 Å². The van der Waals surface area contributed by atoms with E-state index in [1.165, 1.54) is 16.9 Å². The third-order valence-corrected chi connectivity index (χ3v) is 4.05. The number of thiazole rings is 1. The minimum absolute atomic E-state index is 0.109. The highest BCUT2D eigenvalue weighted by atomic mass is 32.1. The molecule has 0 aliphatic carbocycles. The van der Waals surface area contributed by atoms with Gasteiger partial charge < -0.3 is 10.6 Å².